The third kappa shape index (κ3) is 5.37. The zero-order valence-electron chi connectivity index (χ0n) is 11.0. The van der Waals surface area contributed by atoms with Gasteiger partial charge < -0.3 is 15.2 Å². The molecule has 104 valence electrons. The monoisotopic (exact) mass is 266 g/mol. The number of amides is 1. The van der Waals surface area contributed by atoms with Crippen molar-refractivity contribution >= 4 is 12.1 Å². The Hall–Kier alpha value is -2.11. The van der Waals surface area contributed by atoms with Crippen LogP contribution >= 0.6 is 0 Å². The second kappa shape index (κ2) is 7.35. The Morgan fingerprint density at radius 1 is 1.37 bits per heavy atom. The van der Waals surface area contributed by atoms with E-state index in [1.165, 1.54) is 0 Å². The molecular formula is C13H18N2O4. The molecule has 1 unspecified atom stereocenters. The molecule has 0 saturated heterocycles. The molecule has 0 aliphatic heterocycles. The first kappa shape index (κ1) is 14.9. The highest BCUT2D eigenvalue weighted by molar-refractivity contribution is 5.80. The number of nitrogens with one attached hydrogen (secondary N) is 1. The van der Waals surface area contributed by atoms with Crippen molar-refractivity contribution in [1.29, 1.82) is 0 Å². The molecule has 6 heteroatoms. The van der Waals surface area contributed by atoms with E-state index >= 15 is 0 Å². The lowest BCUT2D eigenvalue weighted by atomic mass is 10.1. The van der Waals surface area contributed by atoms with E-state index in [1.807, 2.05) is 12.1 Å². The van der Waals surface area contributed by atoms with E-state index in [1.54, 1.807) is 26.2 Å². The van der Waals surface area contributed by atoms with Crippen LogP contribution in [0.2, 0.25) is 0 Å². The summed E-state index contributed by atoms with van der Waals surface area (Å²) in [6, 6.07) is 2.72. The molecule has 0 aliphatic carbocycles. The largest absolute Gasteiger partial charge is 0.480 e. The summed E-state index contributed by atoms with van der Waals surface area (Å²) >= 11 is 0. The minimum Gasteiger partial charge on any atom is -0.480 e. The second-order valence-electron chi connectivity index (χ2n) is 4.45. The fourth-order valence-corrected chi connectivity index (χ4v) is 1.49. The van der Waals surface area contributed by atoms with Gasteiger partial charge in [0.2, 0.25) is 0 Å². The molecule has 0 saturated carbocycles. The SMILES string of the molecule is CC(C)C(NC(=O)OCCc1ccncc1)C(=O)O. The van der Waals surface area contributed by atoms with Crippen LogP contribution in [0.25, 0.3) is 0 Å². The van der Waals surface area contributed by atoms with Crippen molar-refractivity contribution < 1.29 is 19.4 Å². The zero-order valence-corrected chi connectivity index (χ0v) is 11.0. The number of pyridine rings is 1. The number of nitrogens with zero attached hydrogens (tertiary/aromatic N) is 1. The van der Waals surface area contributed by atoms with E-state index < -0.39 is 18.1 Å². The number of carbonyl (C=O) groups excluding carboxylic acids is 1. The van der Waals surface area contributed by atoms with Gasteiger partial charge in [-0.25, -0.2) is 9.59 Å². The van der Waals surface area contributed by atoms with Crippen molar-refractivity contribution in [3.05, 3.63) is 30.1 Å². The van der Waals surface area contributed by atoms with Crippen LogP contribution in [0.1, 0.15) is 19.4 Å². The van der Waals surface area contributed by atoms with E-state index in [0.29, 0.717) is 6.42 Å². The summed E-state index contributed by atoms with van der Waals surface area (Å²) in [4.78, 5) is 26.2. The van der Waals surface area contributed by atoms with Gasteiger partial charge >= 0.3 is 12.1 Å². The van der Waals surface area contributed by atoms with Crippen molar-refractivity contribution in [1.82, 2.24) is 10.3 Å². The van der Waals surface area contributed by atoms with Crippen LogP contribution < -0.4 is 5.32 Å². The van der Waals surface area contributed by atoms with Crippen LogP contribution in [0.3, 0.4) is 0 Å². The van der Waals surface area contributed by atoms with Crippen LogP contribution in [-0.2, 0) is 16.0 Å². The van der Waals surface area contributed by atoms with E-state index in [9.17, 15) is 9.59 Å². The minimum absolute atomic E-state index is 0.195. The van der Waals surface area contributed by atoms with Gasteiger partial charge in [-0.3, -0.25) is 4.98 Å². The predicted molar refractivity (Wildman–Crippen MR) is 68.7 cm³/mol. The Morgan fingerprint density at radius 2 is 2.00 bits per heavy atom. The number of hydrogen-bond acceptors (Lipinski definition) is 4. The number of carbonyl (C=O) groups is 2. The summed E-state index contributed by atoms with van der Waals surface area (Å²) < 4.78 is 4.94. The average Bonchev–Trinajstić information content (AvgIpc) is 2.36. The zero-order chi connectivity index (χ0) is 14.3. The van der Waals surface area contributed by atoms with E-state index in [4.69, 9.17) is 9.84 Å². The molecule has 0 aromatic carbocycles. The van der Waals surface area contributed by atoms with E-state index in [0.717, 1.165) is 5.56 Å². The molecule has 1 rings (SSSR count). The van der Waals surface area contributed by atoms with Gasteiger partial charge in [-0.1, -0.05) is 13.8 Å². The molecule has 19 heavy (non-hydrogen) atoms. The quantitative estimate of drug-likeness (QED) is 0.813. The Kier molecular flexibility index (Phi) is 5.78. The van der Waals surface area contributed by atoms with Crippen molar-refractivity contribution in [3.63, 3.8) is 0 Å². The molecule has 1 aromatic heterocycles. The highest BCUT2D eigenvalue weighted by atomic mass is 16.5. The molecule has 0 aliphatic rings. The smallest absolute Gasteiger partial charge is 0.407 e. The standard InChI is InChI=1S/C13H18N2O4/c1-9(2)11(12(16)17)15-13(18)19-8-5-10-3-6-14-7-4-10/h3-4,6-7,9,11H,5,8H2,1-2H3,(H,15,18)(H,16,17). The predicted octanol–water partition coefficient (Wildman–Crippen LogP) is 1.46. The van der Waals surface area contributed by atoms with Crippen LogP contribution in [0.5, 0.6) is 0 Å². The Bertz CT molecular complexity index is 420. The average molecular weight is 266 g/mol. The topological polar surface area (TPSA) is 88.5 Å². The molecule has 1 aromatic rings. The number of rotatable bonds is 6. The number of carboxylic acid groups (broad SMARTS) is 1. The fourth-order valence-electron chi connectivity index (χ4n) is 1.49. The minimum atomic E-state index is -1.07. The number of carboxylic acids is 1. The van der Waals surface area contributed by atoms with Gasteiger partial charge in [-0.2, -0.15) is 0 Å². The summed E-state index contributed by atoms with van der Waals surface area (Å²) in [5.41, 5.74) is 1.00. The van der Waals surface area contributed by atoms with Gasteiger partial charge in [-0.05, 0) is 23.6 Å². The molecule has 0 spiro atoms. The lowest BCUT2D eigenvalue weighted by molar-refractivity contribution is -0.140. The molecule has 1 heterocycles. The second-order valence-corrected chi connectivity index (χ2v) is 4.45. The van der Waals surface area contributed by atoms with E-state index in [-0.39, 0.29) is 12.5 Å². The summed E-state index contributed by atoms with van der Waals surface area (Å²) in [5, 5.41) is 11.2. The third-order valence-corrected chi connectivity index (χ3v) is 2.58. The first-order valence-corrected chi connectivity index (χ1v) is 6.05. The summed E-state index contributed by atoms with van der Waals surface area (Å²) in [6.45, 7) is 3.63. The number of ether oxygens (including phenoxy) is 1. The van der Waals surface area contributed by atoms with Crippen LogP contribution in [0, 0.1) is 5.92 Å². The van der Waals surface area contributed by atoms with E-state index in [2.05, 4.69) is 10.3 Å². The van der Waals surface area contributed by atoms with Gasteiger partial charge in [0.15, 0.2) is 0 Å². The highest BCUT2D eigenvalue weighted by Crippen LogP contribution is 2.02. The summed E-state index contributed by atoms with van der Waals surface area (Å²) in [7, 11) is 0. The molecule has 2 N–H and O–H groups in total. The van der Waals surface area contributed by atoms with Gasteiger partial charge in [-0.15, -0.1) is 0 Å². The van der Waals surface area contributed by atoms with Crippen molar-refractivity contribution in [2.75, 3.05) is 6.61 Å². The molecule has 0 bridgehead atoms. The maximum atomic E-state index is 11.4. The summed E-state index contributed by atoms with van der Waals surface area (Å²) in [5.74, 6) is -1.27. The fraction of sp³-hybridized carbons (Fsp3) is 0.462. The van der Waals surface area contributed by atoms with Crippen molar-refractivity contribution in [2.45, 2.75) is 26.3 Å². The normalized spacial score (nSPS) is 11.9. The Balaban J connectivity index is 2.33. The lowest BCUT2D eigenvalue weighted by Gasteiger charge is -2.17. The molecule has 0 radical (unpaired) electrons. The van der Waals surface area contributed by atoms with Crippen LogP contribution in [0.15, 0.2) is 24.5 Å². The van der Waals surface area contributed by atoms with Crippen LogP contribution in [-0.4, -0.2) is 34.8 Å². The molecule has 0 fully saturated rings. The van der Waals surface area contributed by atoms with Crippen molar-refractivity contribution in [2.24, 2.45) is 5.92 Å². The van der Waals surface area contributed by atoms with Gasteiger partial charge in [0.1, 0.15) is 6.04 Å². The lowest BCUT2D eigenvalue weighted by Crippen LogP contribution is -2.44. The first-order valence-electron chi connectivity index (χ1n) is 6.05. The Morgan fingerprint density at radius 3 is 2.53 bits per heavy atom. The first-order chi connectivity index (χ1) is 9.00. The summed E-state index contributed by atoms with van der Waals surface area (Å²) in [6.07, 6.45) is 3.17. The molecule has 1 amide bonds. The number of hydrogen-bond donors (Lipinski definition) is 2. The molecule has 1 atom stereocenters. The van der Waals surface area contributed by atoms with Gasteiger partial charge in [0.25, 0.3) is 0 Å². The highest BCUT2D eigenvalue weighted by Gasteiger charge is 2.23. The van der Waals surface area contributed by atoms with Crippen molar-refractivity contribution in [3.8, 4) is 0 Å². The number of alkyl carbamates (subject to hydrolysis) is 1. The van der Waals surface area contributed by atoms with Crippen LogP contribution in [0.4, 0.5) is 4.79 Å². The maximum Gasteiger partial charge on any atom is 0.407 e. The number of aliphatic carboxylic acids is 1. The molecule has 6 nitrogen and oxygen atoms in total. The molecular weight excluding hydrogens is 248 g/mol. The maximum absolute atomic E-state index is 11.4. The Labute approximate surface area is 111 Å². The van der Waals surface area contributed by atoms with Gasteiger partial charge in [0.05, 0.1) is 6.61 Å². The third-order valence-electron chi connectivity index (χ3n) is 2.58. The number of aromatic nitrogens is 1. The van der Waals surface area contributed by atoms with Gasteiger partial charge in [0, 0.05) is 18.8 Å².